The van der Waals surface area contributed by atoms with E-state index in [1.165, 1.54) is 24.3 Å². The minimum atomic E-state index is 0.264. The van der Waals surface area contributed by atoms with Crippen LogP contribution in [0.2, 0.25) is 0 Å². The Kier molecular flexibility index (Phi) is 8.13. The average Bonchev–Trinajstić information content (AvgIpc) is 3.38. The van der Waals surface area contributed by atoms with Gasteiger partial charge in [-0.1, -0.05) is 26.2 Å². The Hall–Kier alpha value is -1.63. The van der Waals surface area contributed by atoms with Crippen LogP contribution in [-0.2, 0) is 17.6 Å². The number of nitrogens with zero attached hydrogens (tertiary/aromatic N) is 3. The van der Waals surface area contributed by atoms with Crippen LogP contribution in [0.3, 0.4) is 0 Å². The number of amides is 1. The first-order valence-electron chi connectivity index (χ1n) is 11.0. The molecule has 1 aliphatic carbocycles. The van der Waals surface area contributed by atoms with Gasteiger partial charge in [0.15, 0.2) is 5.96 Å². The highest BCUT2D eigenvalue weighted by molar-refractivity contribution is 7.09. The van der Waals surface area contributed by atoms with Crippen molar-refractivity contribution in [3.05, 3.63) is 16.1 Å². The molecule has 1 aliphatic heterocycles. The predicted molar refractivity (Wildman–Crippen MR) is 116 cm³/mol. The summed E-state index contributed by atoms with van der Waals surface area (Å²) in [5, 5.41) is 10.2. The summed E-state index contributed by atoms with van der Waals surface area (Å²) in [4.78, 5) is 24.2. The molecule has 2 aliphatic rings. The van der Waals surface area contributed by atoms with Gasteiger partial charge in [-0.2, -0.15) is 0 Å². The summed E-state index contributed by atoms with van der Waals surface area (Å²) >= 11 is 1.73. The monoisotopic (exact) mass is 405 g/mol. The number of aromatic nitrogens is 1. The Balaban J connectivity index is 1.47. The molecular formula is C21H35N5OS. The molecule has 3 rings (SSSR count). The zero-order chi connectivity index (χ0) is 19.8. The molecular weight excluding hydrogens is 370 g/mol. The van der Waals surface area contributed by atoms with Gasteiger partial charge < -0.3 is 15.5 Å². The van der Waals surface area contributed by atoms with Crippen LogP contribution in [0, 0.1) is 5.92 Å². The molecule has 156 valence electrons. The van der Waals surface area contributed by atoms with Gasteiger partial charge in [0.05, 0.1) is 10.7 Å². The molecule has 2 N–H and O–H groups in total. The quantitative estimate of drug-likeness (QED) is 0.540. The largest absolute Gasteiger partial charge is 0.357 e. The summed E-state index contributed by atoms with van der Waals surface area (Å²) in [6, 6.07) is 0.288. The van der Waals surface area contributed by atoms with E-state index < -0.39 is 0 Å². The number of carbonyl (C=O) groups is 1. The van der Waals surface area contributed by atoms with E-state index in [1.54, 1.807) is 11.3 Å². The topological polar surface area (TPSA) is 69.6 Å². The number of likely N-dealkylation sites (tertiary alicyclic amines) is 1. The number of aryl methyl sites for hydroxylation is 1. The second-order valence-corrected chi connectivity index (χ2v) is 8.79. The molecule has 1 saturated carbocycles. The fourth-order valence-corrected chi connectivity index (χ4v) is 4.89. The highest BCUT2D eigenvalue weighted by atomic mass is 32.1. The Morgan fingerprint density at radius 1 is 1.29 bits per heavy atom. The zero-order valence-electron chi connectivity index (χ0n) is 17.4. The van der Waals surface area contributed by atoms with Crippen molar-refractivity contribution < 1.29 is 4.79 Å². The van der Waals surface area contributed by atoms with Gasteiger partial charge in [-0.3, -0.25) is 9.79 Å². The third kappa shape index (κ3) is 5.93. The Bertz CT molecular complexity index is 653. The van der Waals surface area contributed by atoms with Gasteiger partial charge in [-0.15, -0.1) is 11.3 Å². The lowest BCUT2D eigenvalue weighted by molar-refractivity contribution is -0.135. The van der Waals surface area contributed by atoms with Crippen LogP contribution in [0.25, 0.3) is 0 Å². The molecule has 1 amide bonds. The molecule has 1 aromatic heterocycles. The van der Waals surface area contributed by atoms with Gasteiger partial charge >= 0.3 is 0 Å². The van der Waals surface area contributed by atoms with Crippen LogP contribution < -0.4 is 10.6 Å². The maximum atomic E-state index is 12.8. The number of hydrogen-bond acceptors (Lipinski definition) is 4. The summed E-state index contributed by atoms with van der Waals surface area (Å²) in [7, 11) is 0. The molecule has 0 radical (unpaired) electrons. The van der Waals surface area contributed by atoms with E-state index in [9.17, 15) is 4.79 Å². The zero-order valence-corrected chi connectivity index (χ0v) is 18.2. The van der Waals surface area contributed by atoms with Crippen LogP contribution in [-0.4, -0.2) is 54.0 Å². The van der Waals surface area contributed by atoms with Crippen molar-refractivity contribution in [3.8, 4) is 0 Å². The van der Waals surface area contributed by atoms with Crippen LogP contribution in [0.1, 0.15) is 63.1 Å². The number of hydrogen-bond donors (Lipinski definition) is 2. The average molecular weight is 406 g/mol. The number of aliphatic imine (C=N–C) groups is 1. The smallest absolute Gasteiger partial charge is 0.225 e. The molecule has 0 spiro atoms. The van der Waals surface area contributed by atoms with E-state index in [0.717, 1.165) is 69.9 Å². The molecule has 1 unspecified atom stereocenters. The van der Waals surface area contributed by atoms with E-state index in [0.29, 0.717) is 5.91 Å². The maximum Gasteiger partial charge on any atom is 0.225 e. The van der Waals surface area contributed by atoms with Gasteiger partial charge in [0, 0.05) is 49.9 Å². The molecule has 0 aromatic carbocycles. The third-order valence-electron chi connectivity index (χ3n) is 5.68. The van der Waals surface area contributed by atoms with Crippen molar-refractivity contribution in [1.82, 2.24) is 20.5 Å². The first kappa shape index (κ1) is 21.1. The summed E-state index contributed by atoms with van der Waals surface area (Å²) in [6.45, 7) is 7.44. The molecule has 6 nitrogen and oxygen atoms in total. The fraction of sp³-hybridized carbons (Fsp3) is 0.762. The van der Waals surface area contributed by atoms with Gasteiger partial charge in [0.25, 0.3) is 0 Å². The standard InChI is InChI=1S/C21H35N5OS/c1-3-19-24-18(15-28-19)10-12-23-21(22-4-2)25-17-11-13-26(14-17)20(27)16-8-6-5-7-9-16/h15-17H,3-14H2,1-2H3,(H2,22,23,25). The van der Waals surface area contributed by atoms with E-state index in [1.807, 2.05) is 0 Å². The Morgan fingerprint density at radius 3 is 2.82 bits per heavy atom. The highest BCUT2D eigenvalue weighted by Gasteiger charge is 2.31. The lowest BCUT2D eigenvalue weighted by atomic mass is 9.88. The second-order valence-electron chi connectivity index (χ2n) is 7.85. The lowest BCUT2D eigenvalue weighted by Gasteiger charge is -2.26. The van der Waals surface area contributed by atoms with Gasteiger partial charge in [0.1, 0.15) is 0 Å². The number of thiazole rings is 1. The first-order chi connectivity index (χ1) is 13.7. The minimum absolute atomic E-state index is 0.264. The van der Waals surface area contributed by atoms with Crippen LogP contribution >= 0.6 is 11.3 Å². The molecule has 1 aromatic rings. The maximum absolute atomic E-state index is 12.8. The minimum Gasteiger partial charge on any atom is -0.357 e. The van der Waals surface area contributed by atoms with E-state index in [4.69, 9.17) is 4.99 Å². The van der Waals surface area contributed by atoms with Crippen LogP contribution in [0.15, 0.2) is 10.4 Å². The SMILES string of the molecule is CCNC(=NCCc1csc(CC)n1)NC1CCN(C(=O)C2CCCCC2)C1. The number of carbonyl (C=O) groups excluding carboxylic acids is 1. The van der Waals surface area contributed by atoms with Crippen molar-refractivity contribution in [2.24, 2.45) is 10.9 Å². The summed E-state index contributed by atoms with van der Waals surface area (Å²) in [6.07, 6.45) is 8.72. The highest BCUT2D eigenvalue weighted by Crippen LogP contribution is 2.26. The molecule has 7 heteroatoms. The first-order valence-corrected chi connectivity index (χ1v) is 11.8. The molecule has 2 fully saturated rings. The van der Waals surface area contributed by atoms with Crippen molar-refractivity contribution in [2.75, 3.05) is 26.2 Å². The normalized spacial score (nSPS) is 21.1. The third-order valence-corrected chi connectivity index (χ3v) is 6.72. The summed E-state index contributed by atoms with van der Waals surface area (Å²) in [5.41, 5.74) is 1.13. The lowest BCUT2D eigenvalue weighted by Crippen LogP contribution is -2.45. The molecule has 0 bridgehead atoms. The van der Waals surface area contributed by atoms with Gasteiger partial charge in [-0.05, 0) is 32.6 Å². The molecule has 1 saturated heterocycles. The molecule has 1 atom stereocenters. The number of guanidine groups is 1. The predicted octanol–water partition coefficient (Wildman–Crippen LogP) is 2.98. The van der Waals surface area contributed by atoms with Crippen molar-refractivity contribution >= 4 is 23.2 Å². The van der Waals surface area contributed by atoms with Crippen molar-refractivity contribution in [2.45, 2.75) is 71.3 Å². The van der Waals surface area contributed by atoms with E-state index >= 15 is 0 Å². The Labute approximate surface area is 173 Å². The Morgan fingerprint density at radius 2 is 2.11 bits per heavy atom. The second kappa shape index (κ2) is 10.8. The van der Waals surface area contributed by atoms with Crippen molar-refractivity contribution in [3.63, 3.8) is 0 Å². The van der Waals surface area contributed by atoms with E-state index in [2.05, 4.69) is 39.7 Å². The van der Waals surface area contributed by atoms with Gasteiger partial charge in [-0.25, -0.2) is 4.98 Å². The molecule has 28 heavy (non-hydrogen) atoms. The summed E-state index contributed by atoms with van der Waals surface area (Å²) in [5.74, 6) is 1.49. The number of rotatable bonds is 7. The van der Waals surface area contributed by atoms with E-state index in [-0.39, 0.29) is 12.0 Å². The van der Waals surface area contributed by atoms with Gasteiger partial charge in [0.2, 0.25) is 5.91 Å². The molecule has 2 heterocycles. The number of nitrogens with one attached hydrogen (secondary N) is 2. The van der Waals surface area contributed by atoms with Crippen LogP contribution in [0.5, 0.6) is 0 Å². The summed E-state index contributed by atoms with van der Waals surface area (Å²) < 4.78 is 0. The van der Waals surface area contributed by atoms with Crippen LogP contribution in [0.4, 0.5) is 0 Å². The fourth-order valence-electron chi connectivity index (χ4n) is 4.11. The van der Waals surface area contributed by atoms with Crippen molar-refractivity contribution in [1.29, 1.82) is 0 Å².